The Labute approximate surface area is 233 Å². The van der Waals surface area contributed by atoms with Gasteiger partial charge in [-0.15, -0.1) is 0 Å². The van der Waals surface area contributed by atoms with Crippen molar-refractivity contribution in [1.29, 1.82) is 0 Å². The normalized spacial score (nSPS) is 31.3. The summed E-state index contributed by atoms with van der Waals surface area (Å²) in [6.45, 7) is 5.82. The molecule has 2 aromatic rings. The lowest BCUT2D eigenvalue weighted by molar-refractivity contribution is -0.0722. The van der Waals surface area contributed by atoms with Crippen LogP contribution in [0.5, 0.6) is 5.75 Å². The molecule has 6 unspecified atom stereocenters. The number of nitrogens with zero attached hydrogens (tertiary/aromatic N) is 1. The van der Waals surface area contributed by atoms with Gasteiger partial charge in [-0.2, -0.15) is 0 Å². The zero-order chi connectivity index (χ0) is 27.6. The first kappa shape index (κ1) is 28.1. The van der Waals surface area contributed by atoms with Crippen LogP contribution in [0.2, 0.25) is 0 Å². The molecule has 3 aliphatic carbocycles. The van der Waals surface area contributed by atoms with Gasteiger partial charge in [0.15, 0.2) is 0 Å². The summed E-state index contributed by atoms with van der Waals surface area (Å²) in [6.07, 6.45) is 7.74. The van der Waals surface area contributed by atoms with Gasteiger partial charge in [-0.3, -0.25) is 4.79 Å². The van der Waals surface area contributed by atoms with E-state index in [9.17, 15) is 15.0 Å². The minimum atomic E-state index is -0.979. The number of hydrogen-bond acceptors (Lipinski definition) is 3. The number of aromatic hydroxyl groups is 1. The first-order chi connectivity index (χ1) is 18.8. The molecule has 0 heterocycles. The minimum Gasteiger partial charge on any atom is -0.508 e. The van der Waals surface area contributed by atoms with Crippen molar-refractivity contribution >= 4 is 5.91 Å². The Bertz CT molecular complexity index is 1120. The highest BCUT2D eigenvalue weighted by Crippen LogP contribution is 2.63. The van der Waals surface area contributed by atoms with Gasteiger partial charge in [-0.25, -0.2) is 4.39 Å². The zero-order valence-electron chi connectivity index (χ0n) is 23.7. The molecule has 3 aliphatic rings. The van der Waals surface area contributed by atoms with Crippen LogP contribution in [-0.2, 0) is 6.42 Å². The molecule has 0 radical (unpaired) electrons. The average molecular weight is 536 g/mol. The summed E-state index contributed by atoms with van der Waals surface area (Å²) in [5.41, 5.74) is 2.55. The van der Waals surface area contributed by atoms with Gasteiger partial charge >= 0.3 is 0 Å². The van der Waals surface area contributed by atoms with E-state index >= 15 is 4.39 Å². The Morgan fingerprint density at radius 3 is 2.54 bits per heavy atom. The third-order valence-corrected chi connectivity index (χ3v) is 10.4. The van der Waals surface area contributed by atoms with Crippen LogP contribution in [0.15, 0.2) is 48.5 Å². The molecule has 2 N–H and O–H groups in total. The first-order valence-electron chi connectivity index (χ1n) is 15.3. The summed E-state index contributed by atoms with van der Waals surface area (Å²) < 4.78 is 16.0. The van der Waals surface area contributed by atoms with Crippen LogP contribution in [0.1, 0.15) is 99.0 Å². The average Bonchev–Trinajstić information content (AvgIpc) is 3.23. The SMILES string of the molecule is CCCCCN(CCCCC1Cc2cc(O)ccc2C2C(F)C[C@]3(C)C(O)CCC3C12)C(=O)c1ccccc1. The van der Waals surface area contributed by atoms with Gasteiger partial charge in [0.25, 0.3) is 5.91 Å². The molecule has 2 fully saturated rings. The molecule has 0 saturated heterocycles. The number of carbonyl (C=O) groups excluding carboxylic acids is 1. The van der Waals surface area contributed by atoms with Gasteiger partial charge < -0.3 is 15.1 Å². The van der Waals surface area contributed by atoms with Gasteiger partial charge in [0, 0.05) is 24.6 Å². The van der Waals surface area contributed by atoms with Crippen LogP contribution < -0.4 is 0 Å². The highest BCUT2D eigenvalue weighted by Gasteiger charge is 2.59. The predicted octanol–water partition coefficient (Wildman–Crippen LogP) is 7.29. The standard InChI is InChI=1S/C34H46FNO3/c1-3-4-9-18-36(33(39)23-11-6-5-7-12-23)19-10-8-13-24-20-25-21-26(37)14-15-27(25)32-29(35)22-34(2)28(31(24)32)16-17-30(34)38/h5-7,11-12,14-15,21,24,28-32,37-38H,3-4,8-10,13,16-20,22H2,1-2H3/t24?,28?,29?,30?,31?,32?,34-/m0/s1. The molecular formula is C34H46FNO3. The second-order valence-electron chi connectivity index (χ2n) is 12.7. The number of carbonyl (C=O) groups is 1. The molecule has 212 valence electrons. The van der Waals surface area contributed by atoms with Crippen molar-refractivity contribution in [1.82, 2.24) is 4.90 Å². The number of phenols is 1. The number of phenolic OH excluding ortho intramolecular Hbond substituents is 1. The number of benzene rings is 2. The number of amides is 1. The number of rotatable bonds is 10. The van der Waals surface area contributed by atoms with Gasteiger partial charge in [-0.05, 0) is 104 Å². The Kier molecular flexibility index (Phi) is 8.66. The van der Waals surface area contributed by atoms with E-state index in [4.69, 9.17) is 0 Å². The number of alkyl halides is 1. The van der Waals surface area contributed by atoms with E-state index in [0.717, 1.165) is 87.6 Å². The van der Waals surface area contributed by atoms with Crippen molar-refractivity contribution in [3.05, 3.63) is 65.2 Å². The fraction of sp³-hybridized carbons (Fsp3) is 0.618. The van der Waals surface area contributed by atoms with Crippen molar-refractivity contribution in [2.24, 2.45) is 23.2 Å². The lowest BCUT2D eigenvalue weighted by Gasteiger charge is -2.54. The Morgan fingerprint density at radius 2 is 1.79 bits per heavy atom. The largest absolute Gasteiger partial charge is 0.508 e. The van der Waals surface area contributed by atoms with Gasteiger partial charge in [-0.1, -0.05) is 57.4 Å². The van der Waals surface area contributed by atoms with E-state index in [1.54, 1.807) is 6.07 Å². The molecule has 0 aliphatic heterocycles. The van der Waals surface area contributed by atoms with E-state index in [1.807, 2.05) is 47.4 Å². The van der Waals surface area contributed by atoms with Gasteiger partial charge in [0.1, 0.15) is 11.9 Å². The van der Waals surface area contributed by atoms with Crippen LogP contribution in [0.3, 0.4) is 0 Å². The quantitative estimate of drug-likeness (QED) is 0.314. The topological polar surface area (TPSA) is 60.8 Å². The smallest absolute Gasteiger partial charge is 0.253 e. The maximum atomic E-state index is 16.0. The summed E-state index contributed by atoms with van der Waals surface area (Å²) in [7, 11) is 0. The van der Waals surface area contributed by atoms with Crippen LogP contribution in [0.4, 0.5) is 4.39 Å². The second kappa shape index (κ2) is 12.0. The Balaban J connectivity index is 1.30. The maximum Gasteiger partial charge on any atom is 0.253 e. The van der Waals surface area contributed by atoms with Crippen LogP contribution in [-0.4, -0.2) is 46.4 Å². The van der Waals surface area contributed by atoms with Crippen molar-refractivity contribution in [2.45, 2.75) is 96.2 Å². The second-order valence-corrected chi connectivity index (χ2v) is 12.7. The first-order valence-corrected chi connectivity index (χ1v) is 15.3. The summed E-state index contributed by atoms with van der Waals surface area (Å²) >= 11 is 0. The molecule has 39 heavy (non-hydrogen) atoms. The summed E-state index contributed by atoms with van der Waals surface area (Å²) in [6, 6.07) is 15.1. The molecule has 0 aromatic heterocycles. The molecule has 7 atom stereocenters. The van der Waals surface area contributed by atoms with E-state index < -0.39 is 12.3 Å². The molecule has 2 aromatic carbocycles. The third kappa shape index (κ3) is 5.62. The summed E-state index contributed by atoms with van der Waals surface area (Å²) in [5.74, 6) is 1.04. The van der Waals surface area contributed by atoms with Crippen LogP contribution in [0, 0.1) is 23.2 Å². The van der Waals surface area contributed by atoms with Crippen molar-refractivity contribution in [3.63, 3.8) is 0 Å². The van der Waals surface area contributed by atoms with Crippen molar-refractivity contribution < 1.29 is 19.4 Å². The fourth-order valence-corrected chi connectivity index (χ4v) is 8.37. The van der Waals surface area contributed by atoms with Gasteiger partial charge in [0.05, 0.1) is 6.10 Å². The maximum absolute atomic E-state index is 16.0. The molecular weight excluding hydrogens is 489 g/mol. The lowest BCUT2D eigenvalue weighted by Crippen LogP contribution is -2.51. The summed E-state index contributed by atoms with van der Waals surface area (Å²) in [4.78, 5) is 15.3. The van der Waals surface area contributed by atoms with E-state index in [2.05, 4.69) is 13.8 Å². The number of halogens is 1. The molecule has 0 bridgehead atoms. The molecule has 5 heteroatoms. The van der Waals surface area contributed by atoms with E-state index in [0.29, 0.717) is 18.3 Å². The van der Waals surface area contributed by atoms with Crippen LogP contribution in [0.25, 0.3) is 0 Å². The fourth-order valence-electron chi connectivity index (χ4n) is 8.37. The number of fused-ring (bicyclic) bond motifs is 5. The predicted molar refractivity (Wildman–Crippen MR) is 154 cm³/mol. The highest BCUT2D eigenvalue weighted by atomic mass is 19.1. The van der Waals surface area contributed by atoms with Crippen molar-refractivity contribution in [2.75, 3.05) is 13.1 Å². The number of unbranched alkanes of at least 4 members (excludes halogenated alkanes) is 3. The summed E-state index contributed by atoms with van der Waals surface area (Å²) in [5, 5.41) is 21.1. The minimum absolute atomic E-state index is 0.108. The zero-order valence-corrected chi connectivity index (χ0v) is 23.7. The molecule has 1 amide bonds. The van der Waals surface area contributed by atoms with Crippen LogP contribution >= 0.6 is 0 Å². The lowest BCUT2D eigenvalue weighted by atomic mass is 9.51. The van der Waals surface area contributed by atoms with Gasteiger partial charge in [0.2, 0.25) is 0 Å². The molecule has 5 rings (SSSR count). The molecule has 2 saturated carbocycles. The Hall–Kier alpha value is -2.40. The monoisotopic (exact) mass is 535 g/mol. The third-order valence-electron chi connectivity index (χ3n) is 10.4. The van der Waals surface area contributed by atoms with Crippen molar-refractivity contribution in [3.8, 4) is 5.75 Å². The Morgan fingerprint density at radius 1 is 1.05 bits per heavy atom. The molecule has 0 spiro atoms. The van der Waals surface area contributed by atoms with E-state index in [-0.39, 0.29) is 28.9 Å². The number of hydrogen-bond donors (Lipinski definition) is 2. The number of aliphatic hydroxyl groups excluding tert-OH is 1. The number of aliphatic hydroxyl groups is 1. The molecule has 4 nitrogen and oxygen atoms in total. The highest BCUT2D eigenvalue weighted by molar-refractivity contribution is 5.94. The van der Waals surface area contributed by atoms with E-state index in [1.165, 1.54) is 0 Å².